The average molecular weight is 380 g/mol. The van der Waals surface area contributed by atoms with E-state index in [-0.39, 0.29) is 41.9 Å². The van der Waals surface area contributed by atoms with Gasteiger partial charge in [-0.15, -0.1) is 0 Å². The third kappa shape index (κ3) is 5.35. The van der Waals surface area contributed by atoms with Gasteiger partial charge in [-0.25, -0.2) is 17.5 Å². The first-order chi connectivity index (χ1) is 12.3. The molecule has 0 aliphatic carbocycles. The van der Waals surface area contributed by atoms with Crippen LogP contribution in [-0.2, 0) is 21.3 Å². The summed E-state index contributed by atoms with van der Waals surface area (Å²) in [5.41, 5.74) is 0.879. The number of carbonyl (C=O) groups excluding carboxylic acids is 1. The number of halogens is 1. The lowest BCUT2D eigenvalue weighted by atomic mass is 10.1. The molecule has 0 saturated heterocycles. The highest BCUT2D eigenvalue weighted by Gasteiger charge is 2.18. The molecule has 8 heteroatoms. The number of sulfonamides is 1. The molecule has 2 rings (SSSR count). The molecule has 140 valence electrons. The summed E-state index contributed by atoms with van der Waals surface area (Å²) in [6, 6.07) is 11.8. The first-order valence-electron chi connectivity index (χ1n) is 7.92. The predicted molar refractivity (Wildman–Crippen MR) is 95.7 cm³/mol. The zero-order chi connectivity index (χ0) is 19.2. The van der Waals surface area contributed by atoms with Gasteiger partial charge in [0.25, 0.3) is 5.91 Å². The van der Waals surface area contributed by atoms with Gasteiger partial charge in [0, 0.05) is 32.8 Å². The van der Waals surface area contributed by atoms with Crippen molar-refractivity contribution >= 4 is 15.9 Å². The van der Waals surface area contributed by atoms with Gasteiger partial charge in [0.1, 0.15) is 5.82 Å². The van der Waals surface area contributed by atoms with Crippen LogP contribution < -0.4 is 4.72 Å². The highest BCUT2D eigenvalue weighted by Crippen LogP contribution is 2.14. The van der Waals surface area contributed by atoms with E-state index in [1.807, 2.05) is 0 Å². The van der Waals surface area contributed by atoms with Crippen LogP contribution in [0, 0.1) is 5.82 Å². The largest absolute Gasteiger partial charge is 0.383 e. The average Bonchev–Trinajstić information content (AvgIpc) is 2.61. The molecular formula is C18H21FN2O4S. The maximum absolute atomic E-state index is 13.3. The Morgan fingerprint density at radius 2 is 1.92 bits per heavy atom. The third-order valence-corrected chi connectivity index (χ3v) is 5.10. The lowest BCUT2D eigenvalue weighted by molar-refractivity contribution is 0.0784. The van der Waals surface area contributed by atoms with E-state index in [4.69, 9.17) is 4.74 Å². The monoisotopic (exact) mass is 380 g/mol. The molecule has 2 aromatic rings. The van der Waals surface area contributed by atoms with Crippen LogP contribution in [0.15, 0.2) is 53.4 Å². The summed E-state index contributed by atoms with van der Waals surface area (Å²) >= 11 is 0. The van der Waals surface area contributed by atoms with Crippen LogP contribution in [0.3, 0.4) is 0 Å². The second-order valence-electron chi connectivity index (χ2n) is 5.71. The number of hydrogen-bond donors (Lipinski definition) is 1. The molecule has 0 atom stereocenters. The fraction of sp³-hybridized carbons (Fsp3) is 0.278. The van der Waals surface area contributed by atoms with Gasteiger partial charge in [-0.1, -0.05) is 18.2 Å². The molecule has 1 amide bonds. The maximum atomic E-state index is 13.3. The van der Waals surface area contributed by atoms with Gasteiger partial charge in [0.2, 0.25) is 10.0 Å². The van der Waals surface area contributed by atoms with E-state index in [0.29, 0.717) is 5.56 Å². The van der Waals surface area contributed by atoms with E-state index in [2.05, 4.69) is 4.72 Å². The molecule has 0 radical (unpaired) electrons. The van der Waals surface area contributed by atoms with Crippen molar-refractivity contribution in [2.75, 3.05) is 27.3 Å². The van der Waals surface area contributed by atoms with Crippen LogP contribution >= 0.6 is 0 Å². The summed E-state index contributed by atoms with van der Waals surface area (Å²) in [4.78, 5) is 14.0. The number of benzene rings is 2. The number of ether oxygens (including phenoxy) is 1. The van der Waals surface area contributed by atoms with E-state index in [1.54, 1.807) is 25.2 Å². The topological polar surface area (TPSA) is 75.7 Å². The van der Waals surface area contributed by atoms with Crippen molar-refractivity contribution in [1.82, 2.24) is 9.62 Å². The number of nitrogens with one attached hydrogen (secondary N) is 1. The van der Waals surface area contributed by atoms with E-state index in [1.165, 1.54) is 42.3 Å². The highest BCUT2D eigenvalue weighted by molar-refractivity contribution is 7.89. The minimum atomic E-state index is -3.73. The Kier molecular flexibility index (Phi) is 6.84. The molecule has 6 nitrogen and oxygen atoms in total. The van der Waals surface area contributed by atoms with Gasteiger partial charge < -0.3 is 9.64 Å². The van der Waals surface area contributed by atoms with Gasteiger partial charge >= 0.3 is 0 Å². The number of rotatable bonds is 8. The van der Waals surface area contributed by atoms with Crippen LogP contribution in [0.2, 0.25) is 0 Å². The number of amides is 1. The smallest absolute Gasteiger partial charge is 0.253 e. The van der Waals surface area contributed by atoms with E-state index >= 15 is 0 Å². The predicted octanol–water partition coefficient (Wildman–Crippen LogP) is 2.02. The number of carbonyl (C=O) groups is 1. The van der Waals surface area contributed by atoms with Crippen molar-refractivity contribution in [2.24, 2.45) is 0 Å². The first-order valence-corrected chi connectivity index (χ1v) is 9.40. The van der Waals surface area contributed by atoms with Crippen LogP contribution in [0.25, 0.3) is 0 Å². The molecule has 1 N–H and O–H groups in total. The van der Waals surface area contributed by atoms with Gasteiger partial charge in [-0.3, -0.25) is 4.79 Å². The summed E-state index contributed by atoms with van der Waals surface area (Å²) in [5, 5.41) is 0. The van der Waals surface area contributed by atoms with E-state index in [9.17, 15) is 17.6 Å². The Balaban J connectivity index is 2.14. The summed E-state index contributed by atoms with van der Waals surface area (Å²) in [7, 11) is -0.680. The maximum Gasteiger partial charge on any atom is 0.253 e. The van der Waals surface area contributed by atoms with Crippen molar-refractivity contribution in [3.8, 4) is 0 Å². The molecule has 26 heavy (non-hydrogen) atoms. The molecule has 0 aliphatic heterocycles. The standard InChI is InChI=1S/C18H21FN2O4S/c1-21(13-14-5-3-7-16(19)11-14)18(22)15-6-4-8-17(12-15)26(23,24)20-9-10-25-2/h3-8,11-12,20H,9-10,13H2,1-2H3. The normalized spacial score (nSPS) is 11.3. The Bertz CT molecular complexity index is 871. The SMILES string of the molecule is COCCNS(=O)(=O)c1cccc(C(=O)N(C)Cc2cccc(F)c2)c1. The molecule has 0 aliphatic rings. The van der Waals surface area contributed by atoms with Crippen molar-refractivity contribution in [1.29, 1.82) is 0 Å². The van der Waals surface area contributed by atoms with Crippen LogP contribution in [0.5, 0.6) is 0 Å². The lowest BCUT2D eigenvalue weighted by Gasteiger charge is -2.18. The number of methoxy groups -OCH3 is 1. The van der Waals surface area contributed by atoms with Crippen LogP contribution in [0.4, 0.5) is 4.39 Å². The Labute approximate surface area is 152 Å². The third-order valence-electron chi connectivity index (χ3n) is 3.65. The molecule has 0 aromatic heterocycles. The fourth-order valence-electron chi connectivity index (χ4n) is 2.36. The van der Waals surface area contributed by atoms with E-state index < -0.39 is 10.0 Å². The van der Waals surface area contributed by atoms with Crippen molar-refractivity contribution < 1.29 is 22.3 Å². The Morgan fingerprint density at radius 1 is 1.19 bits per heavy atom. The zero-order valence-electron chi connectivity index (χ0n) is 14.6. The van der Waals surface area contributed by atoms with Gasteiger partial charge in [-0.2, -0.15) is 0 Å². The molecule has 0 fully saturated rings. The van der Waals surface area contributed by atoms with Gasteiger partial charge in [0.05, 0.1) is 11.5 Å². The Hall–Kier alpha value is -2.29. The van der Waals surface area contributed by atoms with Crippen molar-refractivity contribution in [2.45, 2.75) is 11.4 Å². The second kappa shape index (κ2) is 8.88. The summed E-state index contributed by atoms with van der Waals surface area (Å²) in [6.45, 7) is 0.588. The van der Waals surface area contributed by atoms with Crippen molar-refractivity contribution in [3.05, 3.63) is 65.5 Å². The van der Waals surface area contributed by atoms with Crippen molar-refractivity contribution in [3.63, 3.8) is 0 Å². The minimum Gasteiger partial charge on any atom is -0.383 e. The molecule has 0 spiro atoms. The molecule has 2 aromatic carbocycles. The summed E-state index contributed by atoms with van der Waals surface area (Å²) < 4.78 is 45.0. The van der Waals surface area contributed by atoms with Crippen LogP contribution in [0.1, 0.15) is 15.9 Å². The highest BCUT2D eigenvalue weighted by atomic mass is 32.2. The molecule has 0 heterocycles. The zero-order valence-corrected chi connectivity index (χ0v) is 15.4. The first kappa shape index (κ1) is 20.0. The van der Waals surface area contributed by atoms with Crippen LogP contribution in [-0.4, -0.2) is 46.5 Å². The lowest BCUT2D eigenvalue weighted by Crippen LogP contribution is -2.28. The molecule has 0 saturated carbocycles. The minimum absolute atomic E-state index is 0.00129. The molecule has 0 unspecified atom stereocenters. The quantitative estimate of drug-likeness (QED) is 0.711. The number of hydrogen-bond acceptors (Lipinski definition) is 4. The second-order valence-corrected chi connectivity index (χ2v) is 7.48. The molecular weight excluding hydrogens is 359 g/mol. The van der Waals surface area contributed by atoms with Gasteiger partial charge in [0.15, 0.2) is 0 Å². The number of nitrogens with zero attached hydrogens (tertiary/aromatic N) is 1. The summed E-state index contributed by atoms with van der Waals surface area (Å²) in [5.74, 6) is -0.734. The Morgan fingerprint density at radius 3 is 2.62 bits per heavy atom. The fourth-order valence-corrected chi connectivity index (χ4v) is 3.42. The molecule has 0 bridgehead atoms. The van der Waals surface area contributed by atoms with E-state index in [0.717, 1.165) is 0 Å². The summed E-state index contributed by atoms with van der Waals surface area (Å²) in [6.07, 6.45) is 0. The van der Waals surface area contributed by atoms with Gasteiger partial charge in [-0.05, 0) is 35.9 Å².